The molecule has 4 aromatic rings. The zero-order valence-corrected chi connectivity index (χ0v) is 21.7. The zero-order chi connectivity index (χ0) is 29.1. The lowest BCUT2D eigenvalue weighted by Gasteiger charge is -2.15. The van der Waals surface area contributed by atoms with Gasteiger partial charge < -0.3 is 10.6 Å². The Labute approximate surface area is 235 Å². The van der Waals surface area contributed by atoms with Crippen LogP contribution in [0.25, 0.3) is 0 Å². The molecule has 0 radical (unpaired) electrons. The summed E-state index contributed by atoms with van der Waals surface area (Å²) < 4.78 is 27.0. The van der Waals surface area contributed by atoms with Gasteiger partial charge in [0.1, 0.15) is 22.2 Å². The number of benzene rings is 4. The molecular weight excluding hydrogens is 554 g/mol. The Bertz CT molecular complexity index is 1710. The van der Waals surface area contributed by atoms with Gasteiger partial charge in [-0.15, -0.1) is 0 Å². The van der Waals surface area contributed by atoms with Crippen molar-refractivity contribution in [3.8, 4) is 0 Å². The summed E-state index contributed by atoms with van der Waals surface area (Å²) >= 11 is 0.968. The van der Waals surface area contributed by atoms with E-state index in [9.17, 15) is 33.3 Å². The summed E-state index contributed by atoms with van der Waals surface area (Å²) in [6.45, 7) is 0. The number of nitrogens with one attached hydrogen (secondary N) is 2. The van der Waals surface area contributed by atoms with Crippen molar-refractivity contribution < 1.29 is 28.1 Å². The van der Waals surface area contributed by atoms with Gasteiger partial charge >= 0.3 is 0 Å². The number of carbonyl (C=O) groups excluding carboxylic acids is 3. The molecule has 1 aliphatic heterocycles. The highest BCUT2D eigenvalue weighted by Gasteiger charge is 2.40. The minimum Gasteiger partial charge on any atom is -0.350 e. The van der Waals surface area contributed by atoms with Crippen molar-refractivity contribution >= 4 is 52.2 Å². The second kappa shape index (κ2) is 11.4. The van der Waals surface area contributed by atoms with Gasteiger partial charge in [0.15, 0.2) is 0 Å². The second-order valence-corrected chi connectivity index (χ2v) is 9.73. The number of thioether (sulfide) groups is 1. The van der Waals surface area contributed by atoms with Crippen molar-refractivity contribution in [2.75, 3.05) is 15.5 Å². The predicted molar refractivity (Wildman–Crippen MR) is 149 cm³/mol. The summed E-state index contributed by atoms with van der Waals surface area (Å²) in [4.78, 5) is 51.3. The van der Waals surface area contributed by atoms with Crippen molar-refractivity contribution in [1.29, 1.82) is 0 Å². The first-order valence-corrected chi connectivity index (χ1v) is 12.8. The van der Waals surface area contributed by atoms with Crippen LogP contribution in [-0.4, -0.2) is 22.6 Å². The van der Waals surface area contributed by atoms with E-state index in [4.69, 9.17) is 0 Å². The fourth-order valence-electron chi connectivity index (χ4n) is 3.91. The number of amides is 3. The molecule has 0 saturated heterocycles. The summed E-state index contributed by atoms with van der Waals surface area (Å²) in [6, 6.07) is 21.7. The number of anilines is 3. The molecule has 9 nitrogen and oxygen atoms in total. The first kappa shape index (κ1) is 27.2. The van der Waals surface area contributed by atoms with Gasteiger partial charge in [-0.1, -0.05) is 17.8 Å². The molecule has 12 heteroatoms. The highest BCUT2D eigenvalue weighted by atomic mass is 32.2. The van der Waals surface area contributed by atoms with Crippen LogP contribution in [0.2, 0.25) is 0 Å². The van der Waals surface area contributed by atoms with Gasteiger partial charge in [0.25, 0.3) is 23.4 Å². The molecule has 204 valence electrons. The monoisotopic (exact) mass is 572 g/mol. The Balaban J connectivity index is 1.42. The Morgan fingerprint density at radius 2 is 1.44 bits per heavy atom. The molecule has 1 heterocycles. The van der Waals surface area contributed by atoms with Gasteiger partial charge in [-0.2, -0.15) is 0 Å². The highest BCUT2D eigenvalue weighted by molar-refractivity contribution is 8.04. The Kier molecular flexibility index (Phi) is 7.57. The van der Waals surface area contributed by atoms with Crippen molar-refractivity contribution in [1.82, 2.24) is 0 Å². The number of non-ortho nitro benzene ring substituents is 1. The molecular formula is C29H18F2N4O5S. The summed E-state index contributed by atoms with van der Waals surface area (Å²) in [5.74, 6) is -2.86. The van der Waals surface area contributed by atoms with Gasteiger partial charge in [0.2, 0.25) is 0 Å². The standard InChI is InChI=1S/C29H18F2N4O5S/c30-18-6-10-20(11-7-18)32-25-26(29(38)34(28(25)37)22-14-8-19(31)9-15-22)41-24-3-1-2-21(16-24)33-27(36)17-4-12-23(13-5-17)35(39)40/h1-16,32H,(H,33,36). The minimum atomic E-state index is -0.684. The van der Waals surface area contributed by atoms with Gasteiger partial charge in [0.05, 0.1) is 10.6 Å². The van der Waals surface area contributed by atoms with E-state index in [1.54, 1.807) is 24.3 Å². The maximum atomic E-state index is 13.5. The summed E-state index contributed by atoms with van der Waals surface area (Å²) in [7, 11) is 0. The van der Waals surface area contributed by atoms with E-state index in [0.717, 1.165) is 28.8 Å². The van der Waals surface area contributed by atoms with Crippen LogP contribution in [0, 0.1) is 21.7 Å². The first-order valence-electron chi connectivity index (χ1n) is 11.9. The van der Waals surface area contributed by atoms with Crippen LogP contribution in [0.5, 0.6) is 0 Å². The molecule has 0 aliphatic carbocycles. The van der Waals surface area contributed by atoms with Crippen LogP contribution in [-0.2, 0) is 9.59 Å². The third-order valence-electron chi connectivity index (χ3n) is 5.89. The SMILES string of the molecule is O=C(Nc1cccc(SC2=C(Nc3ccc(F)cc3)C(=O)N(c3ccc(F)cc3)C2=O)c1)c1ccc([N+](=O)[O-])cc1. The number of imide groups is 1. The number of nitro groups is 1. The van der Waals surface area contributed by atoms with Crippen LogP contribution < -0.4 is 15.5 Å². The van der Waals surface area contributed by atoms with E-state index < -0.39 is 34.3 Å². The van der Waals surface area contributed by atoms with Crippen LogP contribution >= 0.6 is 11.8 Å². The van der Waals surface area contributed by atoms with E-state index in [-0.39, 0.29) is 27.5 Å². The number of nitro benzene ring substituents is 1. The number of hydrogen-bond acceptors (Lipinski definition) is 7. The molecule has 4 aromatic carbocycles. The number of halogens is 2. The fraction of sp³-hybridized carbons (Fsp3) is 0. The molecule has 41 heavy (non-hydrogen) atoms. The summed E-state index contributed by atoms with van der Waals surface area (Å²) in [5, 5.41) is 16.5. The molecule has 2 N–H and O–H groups in total. The smallest absolute Gasteiger partial charge is 0.283 e. The third-order valence-corrected chi connectivity index (χ3v) is 6.96. The molecule has 0 unspecified atom stereocenters. The Hall–Kier alpha value is -5.36. The van der Waals surface area contributed by atoms with Gasteiger partial charge in [-0.05, 0) is 78.9 Å². The maximum Gasteiger partial charge on any atom is 0.283 e. The third kappa shape index (κ3) is 5.97. The van der Waals surface area contributed by atoms with Crippen molar-refractivity contribution in [3.63, 3.8) is 0 Å². The molecule has 0 aromatic heterocycles. The number of carbonyl (C=O) groups is 3. The van der Waals surface area contributed by atoms with Gasteiger partial charge in [-0.3, -0.25) is 24.5 Å². The molecule has 0 fully saturated rings. The van der Waals surface area contributed by atoms with E-state index in [1.165, 1.54) is 60.7 Å². The Morgan fingerprint density at radius 3 is 2.07 bits per heavy atom. The van der Waals surface area contributed by atoms with Crippen LogP contribution in [0.1, 0.15) is 10.4 Å². The largest absolute Gasteiger partial charge is 0.350 e. The molecule has 0 atom stereocenters. The summed E-state index contributed by atoms with van der Waals surface area (Å²) in [6.07, 6.45) is 0. The van der Waals surface area contributed by atoms with E-state index >= 15 is 0 Å². The van der Waals surface area contributed by atoms with E-state index in [1.807, 2.05) is 0 Å². The lowest BCUT2D eigenvalue weighted by molar-refractivity contribution is -0.384. The fourth-order valence-corrected chi connectivity index (χ4v) is 4.90. The van der Waals surface area contributed by atoms with Crippen LogP contribution in [0.15, 0.2) is 113 Å². The maximum absolute atomic E-state index is 13.5. The summed E-state index contributed by atoms with van der Waals surface area (Å²) in [5.41, 5.74) is 0.901. The average Bonchev–Trinajstić information content (AvgIpc) is 3.18. The molecule has 5 rings (SSSR count). The first-order chi connectivity index (χ1) is 19.7. The number of nitrogens with zero attached hydrogens (tertiary/aromatic N) is 2. The minimum absolute atomic E-state index is 0.0301. The van der Waals surface area contributed by atoms with Crippen molar-refractivity contribution in [2.45, 2.75) is 4.90 Å². The molecule has 0 bridgehead atoms. The predicted octanol–water partition coefficient (Wildman–Crippen LogP) is 6.11. The van der Waals surface area contributed by atoms with Crippen molar-refractivity contribution in [2.24, 2.45) is 0 Å². The topological polar surface area (TPSA) is 122 Å². The highest BCUT2D eigenvalue weighted by Crippen LogP contribution is 2.38. The van der Waals surface area contributed by atoms with Crippen molar-refractivity contribution in [3.05, 3.63) is 135 Å². The molecule has 0 spiro atoms. The van der Waals surface area contributed by atoms with Gasteiger partial charge in [-0.25, -0.2) is 13.7 Å². The Morgan fingerprint density at radius 1 is 0.805 bits per heavy atom. The molecule has 1 aliphatic rings. The van der Waals surface area contributed by atoms with E-state index in [0.29, 0.717) is 16.3 Å². The molecule has 3 amide bonds. The van der Waals surface area contributed by atoms with Crippen LogP contribution in [0.3, 0.4) is 0 Å². The number of rotatable bonds is 8. The number of hydrogen-bond donors (Lipinski definition) is 2. The average molecular weight is 573 g/mol. The normalized spacial score (nSPS) is 13.0. The van der Waals surface area contributed by atoms with Crippen LogP contribution in [0.4, 0.5) is 31.5 Å². The lowest BCUT2D eigenvalue weighted by Crippen LogP contribution is -2.32. The molecule has 0 saturated carbocycles. The second-order valence-electron chi connectivity index (χ2n) is 8.65. The lowest BCUT2D eigenvalue weighted by atomic mass is 10.2. The quantitative estimate of drug-likeness (QED) is 0.148. The van der Waals surface area contributed by atoms with Gasteiger partial charge in [0, 0.05) is 34.0 Å². The zero-order valence-electron chi connectivity index (χ0n) is 20.8. The van der Waals surface area contributed by atoms with E-state index in [2.05, 4.69) is 10.6 Å².